The Bertz CT molecular complexity index is 942. The van der Waals surface area contributed by atoms with E-state index >= 15 is 0 Å². The Hall–Kier alpha value is -2.94. The van der Waals surface area contributed by atoms with Gasteiger partial charge in [-0.25, -0.2) is 8.42 Å². The number of anilines is 1. The van der Waals surface area contributed by atoms with Crippen LogP contribution in [0.5, 0.6) is 17.2 Å². The highest BCUT2D eigenvalue weighted by atomic mass is 32.2. The monoisotopic (exact) mass is 408 g/mol. The number of sulfonamides is 1. The highest BCUT2D eigenvalue weighted by Gasteiger charge is 2.22. The fraction of sp³-hybridized carbons (Fsp3) is 0.316. The molecule has 2 aromatic carbocycles. The number of carbonyl (C=O) groups is 1. The summed E-state index contributed by atoms with van der Waals surface area (Å²) < 4.78 is 40.8. The number of hydrogen-bond acceptors (Lipinski definition) is 6. The summed E-state index contributed by atoms with van der Waals surface area (Å²) in [7, 11) is 1.08. The van der Waals surface area contributed by atoms with E-state index in [0.717, 1.165) is 11.8 Å². The number of benzene rings is 2. The second kappa shape index (κ2) is 8.83. The van der Waals surface area contributed by atoms with Crippen molar-refractivity contribution in [1.82, 2.24) is 5.32 Å². The van der Waals surface area contributed by atoms with Crippen molar-refractivity contribution in [3.63, 3.8) is 0 Å². The van der Waals surface area contributed by atoms with Crippen LogP contribution in [0.15, 0.2) is 36.4 Å². The summed E-state index contributed by atoms with van der Waals surface area (Å²) in [5.74, 6) is 0.724. The minimum absolute atomic E-state index is 0.277. The molecule has 0 saturated heterocycles. The molecule has 2 aromatic rings. The molecule has 0 radical (unpaired) electrons. The average Bonchev–Trinajstić information content (AvgIpc) is 2.65. The molecule has 0 heterocycles. The molecule has 9 heteroatoms. The minimum Gasteiger partial charge on any atom is -0.493 e. The molecule has 28 heavy (non-hydrogen) atoms. The van der Waals surface area contributed by atoms with Gasteiger partial charge < -0.3 is 19.5 Å². The van der Waals surface area contributed by atoms with Gasteiger partial charge in [-0.3, -0.25) is 9.52 Å². The molecule has 0 bridgehead atoms. The molecule has 152 valence electrons. The Kier molecular flexibility index (Phi) is 6.74. The summed E-state index contributed by atoms with van der Waals surface area (Å²) >= 11 is 0. The first-order valence-electron chi connectivity index (χ1n) is 8.37. The van der Waals surface area contributed by atoms with E-state index in [1.807, 2.05) is 6.92 Å². The fourth-order valence-corrected chi connectivity index (χ4v) is 3.26. The van der Waals surface area contributed by atoms with Crippen molar-refractivity contribution in [2.75, 3.05) is 32.3 Å². The number of ether oxygens (including phenoxy) is 3. The molecule has 1 atom stereocenters. The van der Waals surface area contributed by atoms with Crippen molar-refractivity contribution < 1.29 is 27.4 Å². The molecule has 0 aliphatic rings. The van der Waals surface area contributed by atoms with Gasteiger partial charge in [-0.15, -0.1) is 0 Å². The molecule has 0 saturated carbocycles. The van der Waals surface area contributed by atoms with E-state index in [9.17, 15) is 13.2 Å². The van der Waals surface area contributed by atoms with Gasteiger partial charge in [0.15, 0.2) is 11.5 Å². The molecule has 0 aliphatic carbocycles. The van der Waals surface area contributed by atoms with E-state index in [2.05, 4.69) is 10.0 Å². The third-order valence-electron chi connectivity index (χ3n) is 4.01. The van der Waals surface area contributed by atoms with E-state index in [1.54, 1.807) is 36.4 Å². The molecule has 1 amide bonds. The first-order valence-corrected chi connectivity index (χ1v) is 10.3. The average molecular weight is 408 g/mol. The topological polar surface area (TPSA) is 103 Å². The summed E-state index contributed by atoms with van der Waals surface area (Å²) in [5.41, 5.74) is 1.57. The van der Waals surface area contributed by atoms with Gasteiger partial charge >= 0.3 is 0 Å². The fourth-order valence-electron chi connectivity index (χ4n) is 2.69. The summed E-state index contributed by atoms with van der Waals surface area (Å²) in [4.78, 5) is 12.8. The smallest absolute Gasteiger partial charge is 0.255 e. The van der Waals surface area contributed by atoms with Crippen LogP contribution >= 0.6 is 0 Å². The van der Waals surface area contributed by atoms with E-state index in [4.69, 9.17) is 14.2 Å². The van der Waals surface area contributed by atoms with E-state index < -0.39 is 10.0 Å². The normalized spacial score (nSPS) is 12.0. The van der Waals surface area contributed by atoms with Gasteiger partial charge in [0, 0.05) is 5.69 Å². The number of hydrogen-bond donors (Lipinski definition) is 2. The third-order valence-corrected chi connectivity index (χ3v) is 4.62. The molecular formula is C19H24N2O6S. The van der Waals surface area contributed by atoms with Gasteiger partial charge in [0.05, 0.1) is 39.2 Å². The summed E-state index contributed by atoms with van der Waals surface area (Å²) in [5, 5.41) is 2.89. The van der Waals surface area contributed by atoms with Crippen LogP contribution in [0.4, 0.5) is 5.69 Å². The van der Waals surface area contributed by atoms with Crippen molar-refractivity contribution in [2.45, 2.75) is 13.0 Å². The molecule has 8 nitrogen and oxygen atoms in total. The van der Waals surface area contributed by atoms with Crippen molar-refractivity contribution in [1.29, 1.82) is 0 Å². The van der Waals surface area contributed by atoms with Gasteiger partial charge in [-0.2, -0.15) is 0 Å². The van der Waals surface area contributed by atoms with Crippen LogP contribution in [0, 0.1) is 0 Å². The van der Waals surface area contributed by atoms with Crippen molar-refractivity contribution in [2.24, 2.45) is 0 Å². The van der Waals surface area contributed by atoms with Gasteiger partial charge in [0.25, 0.3) is 5.91 Å². The number of carbonyl (C=O) groups excluding carboxylic acids is 1. The van der Waals surface area contributed by atoms with Crippen LogP contribution in [-0.2, 0) is 10.0 Å². The Labute approximate surface area is 164 Å². The van der Waals surface area contributed by atoms with Gasteiger partial charge in [-0.1, -0.05) is 12.1 Å². The summed E-state index contributed by atoms with van der Waals surface area (Å²) in [6.07, 6.45) is 1.08. The van der Waals surface area contributed by atoms with Crippen molar-refractivity contribution in [3.8, 4) is 17.2 Å². The first kappa shape index (κ1) is 21.4. The molecule has 0 fully saturated rings. The lowest BCUT2D eigenvalue weighted by Gasteiger charge is -2.18. The maximum absolute atomic E-state index is 12.8. The maximum Gasteiger partial charge on any atom is 0.255 e. The van der Waals surface area contributed by atoms with Gasteiger partial charge in [0.1, 0.15) is 0 Å². The number of nitrogens with one attached hydrogen (secondary N) is 2. The lowest BCUT2D eigenvalue weighted by molar-refractivity contribution is 0.0936. The van der Waals surface area contributed by atoms with E-state index in [0.29, 0.717) is 22.7 Å². The second-order valence-corrected chi connectivity index (χ2v) is 7.82. The first-order chi connectivity index (χ1) is 13.2. The van der Waals surface area contributed by atoms with Crippen molar-refractivity contribution in [3.05, 3.63) is 47.5 Å². The second-order valence-electron chi connectivity index (χ2n) is 6.07. The SMILES string of the molecule is COc1ccc(C(=O)N[C@H](C)c2ccc(NS(C)(=O)=O)cc2)c(OC)c1OC. The number of amides is 1. The van der Waals surface area contributed by atoms with Gasteiger partial charge in [0.2, 0.25) is 15.8 Å². The Morgan fingerprint density at radius 1 is 0.929 bits per heavy atom. The molecule has 2 rings (SSSR count). The van der Waals surface area contributed by atoms with Crippen LogP contribution in [-0.4, -0.2) is 41.9 Å². The number of rotatable bonds is 8. The molecule has 0 aliphatic heterocycles. The zero-order valence-electron chi connectivity index (χ0n) is 16.4. The van der Waals surface area contributed by atoms with E-state index in [1.165, 1.54) is 21.3 Å². The third kappa shape index (κ3) is 5.07. The van der Waals surface area contributed by atoms with E-state index in [-0.39, 0.29) is 17.7 Å². The zero-order chi connectivity index (χ0) is 20.9. The lowest BCUT2D eigenvalue weighted by atomic mass is 10.1. The highest BCUT2D eigenvalue weighted by molar-refractivity contribution is 7.92. The largest absolute Gasteiger partial charge is 0.493 e. The quantitative estimate of drug-likeness (QED) is 0.696. The number of methoxy groups -OCH3 is 3. The Balaban J connectivity index is 2.20. The molecule has 0 aromatic heterocycles. The lowest BCUT2D eigenvalue weighted by Crippen LogP contribution is -2.27. The van der Waals surface area contributed by atoms with Crippen LogP contribution in [0.1, 0.15) is 28.9 Å². The summed E-state index contributed by atoms with van der Waals surface area (Å²) in [6, 6.07) is 9.66. The van der Waals surface area contributed by atoms with Crippen LogP contribution in [0.3, 0.4) is 0 Å². The maximum atomic E-state index is 12.8. The predicted octanol–water partition coefficient (Wildman–Crippen LogP) is 2.57. The highest BCUT2D eigenvalue weighted by Crippen LogP contribution is 2.39. The molecule has 0 spiro atoms. The summed E-state index contributed by atoms with van der Waals surface area (Å²) in [6.45, 7) is 1.82. The minimum atomic E-state index is -3.34. The van der Waals surface area contributed by atoms with Gasteiger partial charge in [-0.05, 0) is 36.8 Å². The van der Waals surface area contributed by atoms with Crippen LogP contribution < -0.4 is 24.2 Å². The standard InChI is InChI=1S/C19H24N2O6S/c1-12(13-6-8-14(9-7-13)21-28(5,23)24)20-19(22)15-10-11-16(25-2)18(27-4)17(15)26-3/h6-12,21H,1-5H3,(H,20,22)/t12-/m1/s1. The Morgan fingerprint density at radius 2 is 1.54 bits per heavy atom. The molecular weight excluding hydrogens is 384 g/mol. The molecule has 0 unspecified atom stereocenters. The predicted molar refractivity (Wildman–Crippen MR) is 107 cm³/mol. The zero-order valence-corrected chi connectivity index (χ0v) is 17.2. The Morgan fingerprint density at radius 3 is 2.04 bits per heavy atom. The van der Waals surface area contributed by atoms with Crippen LogP contribution in [0.2, 0.25) is 0 Å². The van der Waals surface area contributed by atoms with Crippen molar-refractivity contribution >= 4 is 21.6 Å². The molecule has 2 N–H and O–H groups in total. The van der Waals surface area contributed by atoms with Crippen LogP contribution in [0.25, 0.3) is 0 Å².